The first-order valence-corrected chi connectivity index (χ1v) is 6.35. The normalized spacial score (nSPS) is 18.6. The van der Waals surface area contributed by atoms with Crippen LogP contribution in [0, 0.1) is 21.4 Å². The van der Waals surface area contributed by atoms with Gasteiger partial charge in [-0.25, -0.2) is 0 Å². The summed E-state index contributed by atoms with van der Waals surface area (Å²) in [5.74, 6) is 0. The van der Waals surface area contributed by atoms with Gasteiger partial charge in [0.05, 0.1) is 28.9 Å². The second kappa shape index (κ2) is 6.32. The Morgan fingerprint density at radius 2 is 2.45 bits per heavy atom. The molecule has 0 radical (unpaired) electrons. The van der Waals surface area contributed by atoms with E-state index in [0.717, 1.165) is 12.2 Å². The molecule has 1 aliphatic heterocycles. The summed E-state index contributed by atoms with van der Waals surface area (Å²) in [6.07, 6.45) is 0.0514. The third-order valence-electron chi connectivity index (χ3n) is 3.22. The van der Waals surface area contributed by atoms with E-state index in [4.69, 9.17) is 4.74 Å². The molecule has 7 heteroatoms. The Hall–Kier alpha value is -2.17. The molecule has 20 heavy (non-hydrogen) atoms. The van der Waals surface area contributed by atoms with E-state index in [1.54, 1.807) is 6.07 Å². The number of likely N-dealkylation sites (N-methyl/N-ethyl adjacent to an activating group) is 1. The molecule has 1 atom stereocenters. The number of benzene rings is 1. The van der Waals surface area contributed by atoms with Crippen molar-refractivity contribution in [2.24, 2.45) is 0 Å². The highest BCUT2D eigenvalue weighted by molar-refractivity contribution is 5.63. The molecule has 0 aliphatic carbocycles. The van der Waals surface area contributed by atoms with Crippen molar-refractivity contribution in [3.05, 3.63) is 33.9 Å². The summed E-state index contributed by atoms with van der Waals surface area (Å²) < 4.78 is 5.61. The van der Waals surface area contributed by atoms with Crippen molar-refractivity contribution >= 4 is 11.4 Å². The molecule has 1 N–H and O–H groups in total. The number of hydrogen-bond donors (Lipinski definition) is 1. The van der Waals surface area contributed by atoms with Gasteiger partial charge in [-0.2, -0.15) is 5.26 Å². The van der Waals surface area contributed by atoms with E-state index in [0.29, 0.717) is 25.3 Å². The number of nitrogens with zero attached hydrogens (tertiary/aromatic N) is 3. The number of nitro benzene ring substituents is 1. The minimum absolute atomic E-state index is 0.0514. The molecule has 0 bridgehead atoms. The van der Waals surface area contributed by atoms with E-state index >= 15 is 0 Å². The van der Waals surface area contributed by atoms with E-state index in [1.165, 1.54) is 12.1 Å². The lowest BCUT2D eigenvalue weighted by Gasteiger charge is -2.34. The monoisotopic (exact) mass is 276 g/mol. The van der Waals surface area contributed by atoms with E-state index in [2.05, 4.69) is 5.32 Å². The third-order valence-corrected chi connectivity index (χ3v) is 3.22. The molecule has 1 fully saturated rings. The highest BCUT2D eigenvalue weighted by Crippen LogP contribution is 2.26. The molecule has 0 amide bonds. The van der Waals surface area contributed by atoms with E-state index in [9.17, 15) is 15.4 Å². The van der Waals surface area contributed by atoms with Crippen LogP contribution in [-0.2, 0) is 4.74 Å². The molecule has 1 heterocycles. The fourth-order valence-corrected chi connectivity index (χ4v) is 2.29. The highest BCUT2D eigenvalue weighted by atomic mass is 16.6. The van der Waals surface area contributed by atoms with Crippen LogP contribution in [0.5, 0.6) is 0 Å². The number of nitriles is 1. The lowest BCUT2D eigenvalue weighted by molar-refractivity contribution is -0.384. The number of ether oxygens (including phenoxy) is 1. The number of hydrogen-bond acceptors (Lipinski definition) is 6. The van der Waals surface area contributed by atoms with Crippen molar-refractivity contribution in [2.75, 3.05) is 38.2 Å². The molecule has 7 nitrogen and oxygen atoms in total. The summed E-state index contributed by atoms with van der Waals surface area (Å²) in [7, 11) is 1.86. The van der Waals surface area contributed by atoms with Gasteiger partial charge in [0.15, 0.2) is 0 Å². The van der Waals surface area contributed by atoms with Gasteiger partial charge in [-0.1, -0.05) is 0 Å². The molecule has 0 spiro atoms. The lowest BCUT2D eigenvalue weighted by atomic mass is 10.1. The fraction of sp³-hybridized carbons (Fsp3) is 0.462. The summed E-state index contributed by atoms with van der Waals surface area (Å²) in [5, 5.41) is 23.0. The average Bonchev–Trinajstić information content (AvgIpc) is 2.47. The molecule has 1 saturated heterocycles. The number of non-ortho nitro benzene ring substituents is 1. The van der Waals surface area contributed by atoms with Crippen LogP contribution in [0.25, 0.3) is 0 Å². The number of nitrogens with one attached hydrogen (secondary N) is 1. The Morgan fingerprint density at radius 3 is 3.10 bits per heavy atom. The second-order valence-corrected chi connectivity index (χ2v) is 4.57. The molecule has 2 rings (SSSR count). The van der Waals surface area contributed by atoms with Crippen molar-refractivity contribution in [3.8, 4) is 6.07 Å². The maximum absolute atomic E-state index is 10.7. The van der Waals surface area contributed by atoms with Crippen LogP contribution in [0.15, 0.2) is 18.2 Å². The van der Waals surface area contributed by atoms with Crippen LogP contribution in [0.4, 0.5) is 11.4 Å². The Labute approximate surface area is 116 Å². The average molecular weight is 276 g/mol. The van der Waals surface area contributed by atoms with Crippen molar-refractivity contribution in [1.82, 2.24) is 5.32 Å². The van der Waals surface area contributed by atoms with Gasteiger partial charge in [0, 0.05) is 31.8 Å². The van der Waals surface area contributed by atoms with Gasteiger partial charge in [-0.15, -0.1) is 0 Å². The van der Waals surface area contributed by atoms with E-state index < -0.39 is 4.92 Å². The van der Waals surface area contributed by atoms with Crippen LogP contribution in [0.2, 0.25) is 0 Å². The van der Waals surface area contributed by atoms with Crippen LogP contribution in [0.3, 0.4) is 0 Å². The predicted molar refractivity (Wildman–Crippen MR) is 73.7 cm³/mol. The Kier molecular flexibility index (Phi) is 4.50. The first-order valence-electron chi connectivity index (χ1n) is 6.35. The van der Waals surface area contributed by atoms with Crippen molar-refractivity contribution in [2.45, 2.75) is 6.10 Å². The summed E-state index contributed by atoms with van der Waals surface area (Å²) in [6.45, 7) is 2.64. The molecule has 1 aromatic rings. The third kappa shape index (κ3) is 3.04. The van der Waals surface area contributed by atoms with Crippen molar-refractivity contribution in [1.29, 1.82) is 5.26 Å². The SMILES string of the molecule is CNCC1CN(c2ccc([N+](=O)[O-])cc2C#N)CCO1. The van der Waals surface area contributed by atoms with E-state index in [1.807, 2.05) is 18.0 Å². The summed E-state index contributed by atoms with van der Waals surface area (Å²) >= 11 is 0. The van der Waals surface area contributed by atoms with Crippen molar-refractivity contribution < 1.29 is 9.66 Å². The Bertz CT molecular complexity index is 539. The Balaban J connectivity index is 2.23. The zero-order valence-electron chi connectivity index (χ0n) is 11.2. The van der Waals surface area contributed by atoms with Crippen LogP contribution >= 0.6 is 0 Å². The maximum Gasteiger partial charge on any atom is 0.270 e. The smallest absolute Gasteiger partial charge is 0.270 e. The molecule has 0 saturated carbocycles. The molecule has 1 aliphatic rings. The first kappa shape index (κ1) is 14.2. The van der Waals surface area contributed by atoms with Gasteiger partial charge < -0.3 is 15.0 Å². The molecule has 106 valence electrons. The molecule has 1 unspecified atom stereocenters. The highest BCUT2D eigenvalue weighted by Gasteiger charge is 2.23. The summed E-state index contributed by atoms with van der Waals surface area (Å²) in [4.78, 5) is 12.3. The largest absolute Gasteiger partial charge is 0.373 e. The van der Waals surface area contributed by atoms with Crippen molar-refractivity contribution in [3.63, 3.8) is 0 Å². The van der Waals surface area contributed by atoms with Gasteiger partial charge in [-0.3, -0.25) is 10.1 Å². The molecule has 0 aromatic heterocycles. The van der Waals surface area contributed by atoms with Gasteiger partial charge in [0.2, 0.25) is 0 Å². The first-order chi connectivity index (χ1) is 9.65. The second-order valence-electron chi connectivity index (χ2n) is 4.57. The van der Waals surface area contributed by atoms with Crippen LogP contribution in [0.1, 0.15) is 5.56 Å². The summed E-state index contributed by atoms with van der Waals surface area (Å²) in [5.41, 5.74) is 0.983. The number of nitro groups is 1. The zero-order valence-corrected chi connectivity index (χ0v) is 11.2. The zero-order chi connectivity index (χ0) is 14.5. The summed E-state index contributed by atoms with van der Waals surface area (Å²) in [6, 6.07) is 6.42. The van der Waals surface area contributed by atoms with Gasteiger partial charge >= 0.3 is 0 Å². The fourth-order valence-electron chi connectivity index (χ4n) is 2.29. The minimum Gasteiger partial charge on any atom is -0.373 e. The Morgan fingerprint density at radius 1 is 1.65 bits per heavy atom. The van der Waals surface area contributed by atoms with Gasteiger partial charge in [0.25, 0.3) is 5.69 Å². The van der Waals surface area contributed by atoms with Gasteiger partial charge in [0.1, 0.15) is 6.07 Å². The van der Waals surface area contributed by atoms with E-state index in [-0.39, 0.29) is 11.8 Å². The predicted octanol–water partition coefficient (Wildman–Crippen LogP) is 0.891. The number of anilines is 1. The van der Waals surface area contributed by atoms with Crippen LogP contribution < -0.4 is 10.2 Å². The van der Waals surface area contributed by atoms with Crippen LogP contribution in [-0.4, -0.2) is 44.3 Å². The topological polar surface area (TPSA) is 91.4 Å². The quantitative estimate of drug-likeness (QED) is 0.648. The molecular weight excluding hydrogens is 260 g/mol. The maximum atomic E-state index is 10.7. The lowest BCUT2D eigenvalue weighted by Crippen LogP contribution is -2.46. The minimum atomic E-state index is -0.492. The number of morpholine rings is 1. The standard InChI is InChI=1S/C13H16N4O3/c1-15-8-12-9-16(4-5-20-12)13-3-2-11(17(18)19)6-10(13)7-14/h2-3,6,12,15H,4-5,8-9H2,1H3. The number of rotatable bonds is 4. The molecular formula is C13H16N4O3. The van der Waals surface area contributed by atoms with Gasteiger partial charge in [-0.05, 0) is 13.1 Å². The molecule has 1 aromatic carbocycles.